The van der Waals surface area contributed by atoms with Crippen LogP contribution in [0.1, 0.15) is 28.1 Å². The lowest BCUT2D eigenvalue weighted by Gasteiger charge is -2.33. The summed E-state index contributed by atoms with van der Waals surface area (Å²) in [5.74, 6) is -0.138. The van der Waals surface area contributed by atoms with Gasteiger partial charge in [-0.25, -0.2) is 0 Å². The first-order chi connectivity index (χ1) is 16.5. The highest BCUT2D eigenvalue weighted by Crippen LogP contribution is 2.20. The van der Waals surface area contributed by atoms with Gasteiger partial charge in [-0.3, -0.25) is 14.4 Å². The van der Waals surface area contributed by atoms with Crippen LogP contribution in [0.4, 0.5) is 0 Å². The predicted octanol–water partition coefficient (Wildman–Crippen LogP) is 4.23. The van der Waals surface area contributed by atoms with Crippen molar-refractivity contribution in [2.24, 2.45) is 0 Å². The third-order valence-corrected chi connectivity index (χ3v) is 6.46. The number of ether oxygens (including phenoxy) is 1. The predicted molar refractivity (Wildman–Crippen MR) is 136 cm³/mol. The van der Waals surface area contributed by atoms with E-state index in [2.05, 4.69) is 39.6 Å². The number of benzene rings is 2. The standard InChI is InChI=1S/C27H31ClN4O2/c1-20-25(21(2)32(30-20)18-23-10-6-7-11-26(23)28)12-13-27(33)29-16-24-19-31(14-15-34-24)17-22-8-4-3-5-9-22/h3-13,24H,14-19H2,1-2H3,(H,29,33)/b13-12+. The molecule has 0 saturated carbocycles. The molecule has 1 fully saturated rings. The Hall–Kier alpha value is -2.93. The summed E-state index contributed by atoms with van der Waals surface area (Å²) in [5.41, 5.74) is 5.12. The topological polar surface area (TPSA) is 59.4 Å². The zero-order valence-corrected chi connectivity index (χ0v) is 20.5. The lowest BCUT2D eigenvalue weighted by molar-refractivity contribution is -0.117. The smallest absolute Gasteiger partial charge is 0.244 e. The van der Waals surface area contributed by atoms with Crippen LogP contribution in [0.25, 0.3) is 6.08 Å². The van der Waals surface area contributed by atoms with Gasteiger partial charge in [0.05, 0.1) is 24.9 Å². The van der Waals surface area contributed by atoms with Crippen molar-refractivity contribution in [1.82, 2.24) is 20.0 Å². The van der Waals surface area contributed by atoms with E-state index in [1.807, 2.05) is 54.9 Å². The summed E-state index contributed by atoms with van der Waals surface area (Å²) in [5, 5.41) is 8.34. The SMILES string of the molecule is Cc1nn(Cc2ccccc2Cl)c(C)c1/C=C/C(=O)NCC1CN(Cc2ccccc2)CCO1. The second-order valence-corrected chi connectivity index (χ2v) is 9.03. The summed E-state index contributed by atoms with van der Waals surface area (Å²) >= 11 is 6.30. The Morgan fingerprint density at radius 3 is 2.71 bits per heavy atom. The van der Waals surface area contributed by atoms with E-state index in [4.69, 9.17) is 16.3 Å². The summed E-state index contributed by atoms with van der Waals surface area (Å²) in [6, 6.07) is 18.2. The average molecular weight is 479 g/mol. The van der Waals surface area contributed by atoms with Gasteiger partial charge in [0.1, 0.15) is 0 Å². The normalized spacial score (nSPS) is 16.7. The molecule has 0 bridgehead atoms. The van der Waals surface area contributed by atoms with Gasteiger partial charge in [0.15, 0.2) is 0 Å². The van der Waals surface area contributed by atoms with E-state index < -0.39 is 0 Å². The average Bonchev–Trinajstić information content (AvgIpc) is 3.11. The van der Waals surface area contributed by atoms with E-state index in [1.165, 1.54) is 5.56 Å². The lowest BCUT2D eigenvalue weighted by atomic mass is 10.1. The van der Waals surface area contributed by atoms with Gasteiger partial charge < -0.3 is 10.1 Å². The van der Waals surface area contributed by atoms with Crippen LogP contribution in [0.2, 0.25) is 5.02 Å². The molecule has 1 atom stereocenters. The van der Waals surface area contributed by atoms with Crippen molar-refractivity contribution in [3.8, 4) is 0 Å². The van der Waals surface area contributed by atoms with E-state index in [9.17, 15) is 4.79 Å². The number of nitrogens with one attached hydrogen (secondary N) is 1. The van der Waals surface area contributed by atoms with Gasteiger partial charge in [-0.15, -0.1) is 0 Å². The Labute approximate surface area is 206 Å². The molecular formula is C27H31ClN4O2. The first kappa shape index (κ1) is 24.2. The molecule has 1 aliphatic heterocycles. The number of nitrogens with zero attached hydrogens (tertiary/aromatic N) is 3. The van der Waals surface area contributed by atoms with E-state index in [1.54, 1.807) is 6.08 Å². The first-order valence-corrected chi connectivity index (χ1v) is 12.0. The van der Waals surface area contributed by atoms with Gasteiger partial charge in [0, 0.05) is 48.5 Å². The number of rotatable bonds is 8. The summed E-state index contributed by atoms with van der Waals surface area (Å²) in [4.78, 5) is 14.9. The van der Waals surface area contributed by atoms with E-state index in [-0.39, 0.29) is 12.0 Å². The van der Waals surface area contributed by atoms with Gasteiger partial charge in [0.25, 0.3) is 0 Å². The van der Waals surface area contributed by atoms with Crippen molar-refractivity contribution >= 4 is 23.6 Å². The van der Waals surface area contributed by atoms with E-state index in [0.717, 1.165) is 47.2 Å². The monoisotopic (exact) mass is 478 g/mol. The molecule has 178 valence electrons. The fourth-order valence-corrected chi connectivity index (χ4v) is 4.41. The highest BCUT2D eigenvalue weighted by molar-refractivity contribution is 6.31. The van der Waals surface area contributed by atoms with Crippen LogP contribution >= 0.6 is 11.6 Å². The Bertz CT molecular complexity index is 1140. The molecule has 4 rings (SSSR count). The van der Waals surface area contributed by atoms with Crippen molar-refractivity contribution in [3.63, 3.8) is 0 Å². The van der Waals surface area contributed by atoms with Crippen molar-refractivity contribution in [2.75, 3.05) is 26.2 Å². The van der Waals surface area contributed by atoms with Crippen LogP contribution in [0.5, 0.6) is 0 Å². The maximum Gasteiger partial charge on any atom is 0.244 e. The highest BCUT2D eigenvalue weighted by atomic mass is 35.5. The second-order valence-electron chi connectivity index (χ2n) is 8.63. The number of hydrogen-bond acceptors (Lipinski definition) is 4. The minimum absolute atomic E-state index is 0.0170. The van der Waals surface area contributed by atoms with Crippen LogP contribution in [-0.4, -0.2) is 52.9 Å². The fourth-order valence-electron chi connectivity index (χ4n) is 4.22. The molecule has 1 aromatic heterocycles. The Balaban J connectivity index is 1.30. The third-order valence-electron chi connectivity index (χ3n) is 6.09. The quantitative estimate of drug-likeness (QED) is 0.492. The van der Waals surface area contributed by atoms with Crippen LogP contribution < -0.4 is 5.32 Å². The number of carbonyl (C=O) groups excluding carboxylic acids is 1. The molecule has 0 aliphatic carbocycles. The van der Waals surface area contributed by atoms with Crippen molar-refractivity contribution < 1.29 is 9.53 Å². The molecule has 3 aromatic rings. The molecule has 7 heteroatoms. The molecule has 2 aromatic carbocycles. The van der Waals surface area contributed by atoms with Crippen LogP contribution in [0.3, 0.4) is 0 Å². The largest absolute Gasteiger partial charge is 0.374 e. The Kier molecular flexibility index (Phi) is 8.16. The van der Waals surface area contributed by atoms with Gasteiger partial charge >= 0.3 is 0 Å². The minimum atomic E-state index is -0.138. The molecular weight excluding hydrogens is 448 g/mol. The van der Waals surface area contributed by atoms with Crippen LogP contribution in [-0.2, 0) is 22.6 Å². The number of aromatic nitrogens is 2. The zero-order chi connectivity index (χ0) is 23.9. The molecule has 1 amide bonds. The summed E-state index contributed by atoms with van der Waals surface area (Å²) < 4.78 is 7.78. The highest BCUT2D eigenvalue weighted by Gasteiger charge is 2.21. The number of amides is 1. The second kappa shape index (κ2) is 11.5. The van der Waals surface area contributed by atoms with Gasteiger partial charge in [0.2, 0.25) is 5.91 Å². The van der Waals surface area contributed by atoms with Gasteiger partial charge in [-0.1, -0.05) is 60.1 Å². The third kappa shape index (κ3) is 6.35. The Morgan fingerprint density at radius 2 is 1.91 bits per heavy atom. The molecule has 6 nitrogen and oxygen atoms in total. The number of halogens is 1. The molecule has 34 heavy (non-hydrogen) atoms. The van der Waals surface area contributed by atoms with Crippen molar-refractivity contribution in [3.05, 3.63) is 93.8 Å². The minimum Gasteiger partial charge on any atom is -0.374 e. The number of aryl methyl sites for hydroxylation is 1. The molecule has 0 spiro atoms. The lowest BCUT2D eigenvalue weighted by Crippen LogP contribution is -2.46. The summed E-state index contributed by atoms with van der Waals surface area (Å²) in [6.07, 6.45) is 3.39. The summed E-state index contributed by atoms with van der Waals surface area (Å²) in [6.45, 7) is 8.29. The molecule has 1 unspecified atom stereocenters. The molecule has 2 heterocycles. The molecule has 0 radical (unpaired) electrons. The number of carbonyl (C=O) groups is 1. The van der Waals surface area contributed by atoms with Crippen molar-refractivity contribution in [1.29, 1.82) is 0 Å². The zero-order valence-electron chi connectivity index (χ0n) is 19.7. The first-order valence-electron chi connectivity index (χ1n) is 11.6. The summed E-state index contributed by atoms with van der Waals surface area (Å²) in [7, 11) is 0. The van der Waals surface area contributed by atoms with Gasteiger partial charge in [-0.05, 0) is 37.1 Å². The molecule has 1 saturated heterocycles. The van der Waals surface area contributed by atoms with Gasteiger partial charge in [-0.2, -0.15) is 5.10 Å². The maximum absolute atomic E-state index is 12.5. The van der Waals surface area contributed by atoms with Crippen LogP contribution in [0, 0.1) is 13.8 Å². The van der Waals surface area contributed by atoms with Crippen molar-refractivity contribution in [2.45, 2.75) is 33.0 Å². The molecule has 1 N–H and O–H groups in total. The van der Waals surface area contributed by atoms with E-state index >= 15 is 0 Å². The molecule has 1 aliphatic rings. The van der Waals surface area contributed by atoms with E-state index in [0.29, 0.717) is 19.7 Å². The number of morpholine rings is 1. The fraction of sp³-hybridized carbons (Fsp3) is 0.333. The maximum atomic E-state index is 12.5. The Morgan fingerprint density at radius 1 is 1.15 bits per heavy atom. The van der Waals surface area contributed by atoms with Crippen LogP contribution in [0.15, 0.2) is 60.7 Å². The number of hydrogen-bond donors (Lipinski definition) is 1.